The largest absolute Gasteiger partial charge is 0.341 e. The molecule has 0 aromatic carbocycles. The summed E-state index contributed by atoms with van der Waals surface area (Å²) in [6, 6.07) is 0.591. The number of rotatable bonds is 6. The van der Waals surface area contributed by atoms with Crippen molar-refractivity contribution in [1.82, 2.24) is 10.2 Å². The van der Waals surface area contributed by atoms with E-state index < -0.39 is 0 Å². The van der Waals surface area contributed by atoms with E-state index in [-0.39, 0.29) is 6.04 Å². The zero-order chi connectivity index (χ0) is 13.7. The molecule has 19 heavy (non-hydrogen) atoms. The van der Waals surface area contributed by atoms with E-state index in [0.717, 1.165) is 13.0 Å². The fraction of sp³-hybridized carbons (Fsp3) is 0.938. The van der Waals surface area contributed by atoms with Crippen molar-refractivity contribution in [3.05, 3.63) is 0 Å². The number of nitrogens with one attached hydrogen (secondary N) is 1. The molecule has 0 aromatic rings. The van der Waals surface area contributed by atoms with E-state index in [2.05, 4.69) is 12.2 Å². The third-order valence-corrected chi connectivity index (χ3v) is 4.97. The first-order chi connectivity index (χ1) is 9.24. The molecule has 3 heteroatoms. The summed E-state index contributed by atoms with van der Waals surface area (Å²) >= 11 is 0. The van der Waals surface area contributed by atoms with E-state index in [1.54, 1.807) is 0 Å². The van der Waals surface area contributed by atoms with Crippen molar-refractivity contribution in [3.8, 4) is 0 Å². The highest BCUT2D eigenvalue weighted by molar-refractivity contribution is 5.82. The van der Waals surface area contributed by atoms with E-state index >= 15 is 0 Å². The molecule has 0 aromatic heterocycles. The first-order valence-electron chi connectivity index (χ1n) is 8.24. The average Bonchev–Trinajstić information content (AvgIpc) is 2.38. The minimum Gasteiger partial charge on any atom is -0.341 e. The summed E-state index contributed by atoms with van der Waals surface area (Å²) in [4.78, 5) is 14.8. The summed E-state index contributed by atoms with van der Waals surface area (Å²) in [6.07, 6.45) is 11.2. The highest BCUT2D eigenvalue weighted by Gasteiger charge is 2.34. The summed E-state index contributed by atoms with van der Waals surface area (Å²) in [5.74, 6) is 0.917. The summed E-state index contributed by atoms with van der Waals surface area (Å²) in [6.45, 7) is 3.14. The molecule has 0 heterocycles. The van der Waals surface area contributed by atoms with Crippen molar-refractivity contribution in [2.75, 3.05) is 13.6 Å². The van der Waals surface area contributed by atoms with Gasteiger partial charge in [0.05, 0.1) is 6.04 Å². The Morgan fingerprint density at radius 2 is 1.84 bits per heavy atom. The molecule has 0 spiro atoms. The molecule has 110 valence electrons. The van der Waals surface area contributed by atoms with Gasteiger partial charge in [0.1, 0.15) is 0 Å². The highest BCUT2D eigenvalue weighted by atomic mass is 16.2. The molecule has 2 aliphatic carbocycles. The minimum absolute atomic E-state index is 0.0749. The first kappa shape index (κ1) is 14.8. The van der Waals surface area contributed by atoms with Crippen molar-refractivity contribution >= 4 is 5.91 Å². The summed E-state index contributed by atoms with van der Waals surface area (Å²) in [7, 11) is 2.01. The third kappa shape index (κ3) is 3.71. The van der Waals surface area contributed by atoms with Gasteiger partial charge in [-0.1, -0.05) is 26.2 Å². The fourth-order valence-electron chi connectivity index (χ4n) is 3.40. The van der Waals surface area contributed by atoms with E-state index in [0.29, 0.717) is 17.9 Å². The second kappa shape index (κ2) is 7.28. The van der Waals surface area contributed by atoms with E-state index in [4.69, 9.17) is 0 Å². The normalized spacial score (nSPS) is 22.8. The van der Waals surface area contributed by atoms with Crippen LogP contribution in [0.4, 0.5) is 0 Å². The second-order valence-electron chi connectivity index (χ2n) is 6.36. The monoisotopic (exact) mass is 266 g/mol. The Balaban J connectivity index is 1.95. The predicted molar refractivity (Wildman–Crippen MR) is 79.1 cm³/mol. The smallest absolute Gasteiger partial charge is 0.239 e. The molecule has 1 amide bonds. The summed E-state index contributed by atoms with van der Waals surface area (Å²) < 4.78 is 0. The Kier molecular flexibility index (Phi) is 5.68. The predicted octanol–water partition coefficient (Wildman–Crippen LogP) is 2.95. The molecule has 0 radical (unpaired) electrons. The van der Waals surface area contributed by atoms with Crippen LogP contribution in [0.25, 0.3) is 0 Å². The van der Waals surface area contributed by atoms with Gasteiger partial charge in [-0.15, -0.1) is 0 Å². The van der Waals surface area contributed by atoms with Gasteiger partial charge in [0.2, 0.25) is 5.91 Å². The van der Waals surface area contributed by atoms with E-state index in [1.165, 1.54) is 51.4 Å². The van der Waals surface area contributed by atoms with Gasteiger partial charge in [0.15, 0.2) is 0 Å². The molecule has 1 N–H and O–H groups in total. The molecule has 0 saturated heterocycles. The van der Waals surface area contributed by atoms with Crippen molar-refractivity contribution < 1.29 is 4.79 Å². The Hall–Kier alpha value is -0.570. The van der Waals surface area contributed by atoms with Crippen molar-refractivity contribution in [2.24, 2.45) is 5.92 Å². The van der Waals surface area contributed by atoms with Crippen LogP contribution in [0.5, 0.6) is 0 Å². The zero-order valence-corrected chi connectivity index (χ0v) is 12.7. The Morgan fingerprint density at radius 1 is 1.16 bits per heavy atom. The number of hydrogen-bond acceptors (Lipinski definition) is 2. The average molecular weight is 266 g/mol. The Labute approximate surface area is 118 Å². The molecular formula is C16H30N2O. The zero-order valence-electron chi connectivity index (χ0n) is 12.7. The molecule has 3 nitrogen and oxygen atoms in total. The molecule has 0 unspecified atom stereocenters. The van der Waals surface area contributed by atoms with Gasteiger partial charge in [-0.25, -0.2) is 0 Å². The van der Waals surface area contributed by atoms with Crippen LogP contribution in [0.15, 0.2) is 0 Å². The minimum atomic E-state index is 0.0749. The molecule has 2 rings (SSSR count). The van der Waals surface area contributed by atoms with Crippen LogP contribution in [-0.4, -0.2) is 36.5 Å². The maximum absolute atomic E-state index is 12.7. The molecular weight excluding hydrogens is 236 g/mol. The van der Waals surface area contributed by atoms with Crippen LogP contribution in [0, 0.1) is 5.92 Å². The molecule has 2 fully saturated rings. The van der Waals surface area contributed by atoms with Crippen LogP contribution < -0.4 is 5.32 Å². The molecule has 0 bridgehead atoms. The fourth-order valence-corrected chi connectivity index (χ4v) is 3.40. The molecule has 2 saturated carbocycles. The second-order valence-corrected chi connectivity index (χ2v) is 6.36. The first-order valence-corrected chi connectivity index (χ1v) is 8.24. The lowest BCUT2D eigenvalue weighted by atomic mass is 9.82. The van der Waals surface area contributed by atoms with Crippen molar-refractivity contribution in [3.63, 3.8) is 0 Å². The van der Waals surface area contributed by atoms with Crippen molar-refractivity contribution in [1.29, 1.82) is 0 Å². The van der Waals surface area contributed by atoms with Crippen LogP contribution in [0.1, 0.15) is 64.7 Å². The van der Waals surface area contributed by atoms with E-state index in [1.807, 2.05) is 11.9 Å². The number of amides is 1. The molecule has 2 aliphatic rings. The Morgan fingerprint density at radius 3 is 2.37 bits per heavy atom. The topological polar surface area (TPSA) is 32.3 Å². The number of carbonyl (C=O) groups excluding carboxylic acids is 1. The SMILES string of the molecule is CCCN[C@H](C(=O)N(C)C1CCC1)C1CCCCC1. The number of nitrogens with zero attached hydrogens (tertiary/aromatic N) is 1. The highest BCUT2D eigenvalue weighted by Crippen LogP contribution is 2.29. The lowest BCUT2D eigenvalue weighted by Crippen LogP contribution is -2.53. The van der Waals surface area contributed by atoms with E-state index in [9.17, 15) is 4.79 Å². The number of hydrogen-bond donors (Lipinski definition) is 1. The quantitative estimate of drug-likeness (QED) is 0.801. The molecule has 0 aliphatic heterocycles. The van der Waals surface area contributed by atoms with Crippen LogP contribution >= 0.6 is 0 Å². The van der Waals surface area contributed by atoms with Gasteiger partial charge in [0.25, 0.3) is 0 Å². The number of carbonyl (C=O) groups is 1. The summed E-state index contributed by atoms with van der Waals surface area (Å²) in [5.41, 5.74) is 0. The van der Waals surface area contributed by atoms with Crippen LogP contribution in [-0.2, 0) is 4.79 Å². The maximum atomic E-state index is 12.7. The van der Waals surface area contributed by atoms with Gasteiger partial charge < -0.3 is 10.2 Å². The lowest BCUT2D eigenvalue weighted by molar-refractivity contribution is -0.137. The van der Waals surface area contributed by atoms with Crippen LogP contribution in [0.2, 0.25) is 0 Å². The van der Waals surface area contributed by atoms with Gasteiger partial charge >= 0.3 is 0 Å². The molecule has 1 atom stereocenters. The third-order valence-electron chi connectivity index (χ3n) is 4.97. The van der Waals surface area contributed by atoms with Gasteiger partial charge in [-0.2, -0.15) is 0 Å². The summed E-state index contributed by atoms with van der Waals surface area (Å²) in [5, 5.41) is 3.53. The Bertz CT molecular complexity index is 282. The number of likely N-dealkylation sites (N-methyl/N-ethyl adjacent to an activating group) is 1. The lowest BCUT2D eigenvalue weighted by Gasteiger charge is -2.39. The van der Waals surface area contributed by atoms with Gasteiger partial charge in [-0.3, -0.25) is 4.79 Å². The van der Waals surface area contributed by atoms with Gasteiger partial charge in [-0.05, 0) is 51.0 Å². The maximum Gasteiger partial charge on any atom is 0.239 e. The standard InChI is InChI=1S/C16H30N2O/c1-3-12-17-15(13-8-5-4-6-9-13)16(19)18(2)14-10-7-11-14/h13-15,17H,3-12H2,1-2H3/t15-/m0/s1. The van der Waals surface area contributed by atoms with Crippen LogP contribution in [0.3, 0.4) is 0 Å². The van der Waals surface area contributed by atoms with Crippen molar-refractivity contribution in [2.45, 2.75) is 76.8 Å². The van der Waals surface area contributed by atoms with Gasteiger partial charge in [0, 0.05) is 13.1 Å².